The van der Waals surface area contributed by atoms with Crippen LogP contribution >= 0.6 is 0 Å². The molecule has 2 rings (SSSR count). The van der Waals surface area contributed by atoms with Crippen molar-refractivity contribution in [1.82, 2.24) is 5.32 Å². The highest BCUT2D eigenvalue weighted by atomic mass is 16.4. The second-order valence-electron chi connectivity index (χ2n) is 4.49. The maximum absolute atomic E-state index is 10.9. The minimum atomic E-state index is -0.936. The predicted molar refractivity (Wildman–Crippen MR) is 76.4 cm³/mol. The summed E-state index contributed by atoms with van der Waals surface area (Å²) < 4.78 is 0. The Hall–Kier alpha value is -2.62. The molecule has 1 amide bonds. The van der Waals surface area contributed by atoms with Gasteiger partial charge in [0.1, 0.15) is 0 Å². The van der Waals surface area contributed by atoms with Crippen molar-refractivity contribution in [2.75, 3.05) is 0 Å². The summed E-state index contributed by atoms with van der Waals surface area (Å²) >= 11 is 0. The molecular formula is C16H15NO3. The number of benzene rings is 2. The Balaban J connectivity index is 2.19. The third kappa shape index (κ3) is 3.45. The lowest BCUT2D eigenvalue weighted by Crippen LogP contribution is -2.18. The molecule has 0 bridgehead atoms. The third-order valence-electron chi connectivity index (χ3n) is 2.94. The van der Waals surface area contributed by atoms with Crippen molar-refractivity contribution in [1.29, 1.82) is 0 Å². The SMILES string of the molecule is CC(=O)NCc1ccc(-c2cccc(C(=O)O)c2)cc1. The summed E-state index contributed by atoms with van der Waals surface area (Å²) in [5, 5.41) is 11.7. The van der Waals surface area contributed by atoms with E-state index in [1.165, 1.54) is 6.92 Å². The molecule has 2 aromatic carbocycles. The maximum atomic E-state index is 10.9. The van der Waals surface area contributed by atoms with Crippen molar-refractivity contribution in [2.45, 2.75) is 13.5 Å². The van der Waals surface area contributed by atoms with E-state index in [2.05, 4.69) is 5.32 Å². The zero-order valence-corrected chi connectivity index (χ0v) is 11.1. The first-order valence-electron chi connectivity index (χ1n) is 6.23. The molecule has 102 valence electrons. The lowest BCUT2D eigenvalue weighted by molar-refractivity contribution is -0.119. The lowest BCUT2D eigenvalue weighted by Gasteiger charge is -2.06. The number of aromatic carboxylic acids is 1. The number of hydrogen-bond acceptors (Lipinski definition) is 2. The molecule has 20 heavy (non-hydrogen) atoms. The minimum Gasteiger partial charge on any atom is -0.478 e. The van der Waals surface area contributed by atoms with Crippen molar-refractivity contribution in [3.8, 4) is 11.1 Å². The van der Waals surface area contributed by atoms with Crippen LogP contribution in [0.4, 0.5) is 0 Å². The Kier molecular flexibility index (Phi) is 4.15. The number of carboxylic acid groups (broad SMARTS) is 1. The molecule has 0 saturated heterocycles. The summed E-state index contributed by atoms with van der Waals surface area (Å²) in [5.41, 5.74) is 3.07. The number of carbonyl (C=O) groups is 2. The fourth-order valence-electron chi connectivity index (χ4n) is 1.87. The van der Waals surface area contributed by atoms with Crippen LogP contribution in [-0.2, 0) is 11.3 Å². The van der Waals surface area contributed by atoms with Gasteiger partial charge >= 0.3 is 5.97 Å². The van der Waals surface area contributed by atoms with Crippen LogP contribution < -0.4 is 5.32 Å². The number of carboxylic acids is 1. The highest BCUT2D eigenvalue weighted by Gasteiger charge is 2.04. The molecule has 0 aliphatic rings. The number of hydrogen-bond donors (Lipinski definition) is 2. The number of nitrogens with one attached hydrogen (secondary N) is 1. The van der Waals surface area contributed by atoms with Crippen LogP contribution in [0.15, 0.2) is 48.5 Å². The first-order chi connectivity index (χ1) is 9.56. The Morgan fingerprint density at radius 1 is 1.05 bits per heavy atom. The van der Waals surface area contributed by atoms with Crippen molar-refractivity contribution in [3.63, 3.8) is 0 Å². The summed E-state index contributed by atoms with van der Waals surface area (Å²) in [6.45, 7) is 1.97. The van der Waals surface area contributed by atoms with Gasteiger partial charge in [0.25, 0.3) is 0 Å². The summed E-state index contributed by atoms with van der Waals surface area (Å²) in [4.78, 5) is 21.8. The van der Waals surface area contributed by atoms with E-state index in [0.717, 1.165) is 16.7 Å². The van der Waals surface area contributed by atoms with Crippen LogP contribution in [0.1, 0.15) is 22.8 Å². The van der Waals surface area contributed by atoms with Crippen molar-refractivity contribution < 1.29 is 14.7 Å². The second-order valence-corrected chi connectivity index (χ2v) is 4.49. The van der Waals surface area contributed by atoms with E-state index in [1.54, 1.807) is 18.2 Å². The van der Waals surface area contributed by atoms with E-state index in [1.807, 2.05) is 30.3 Å². The Morgan fingerprint density at radius 2 is 1.75 bits per heavy atom. The summed E-state index contributed by atoms with van der Waals surface area (Å²) in [6, 6.07) is 14.5. The number of amides is 1. The molecule has 2 aromatic rings. The van der Waals surface area contributed by atoms with Gasteiger partial charge < -0.3 is 10.4 Å². The third-order valence-corrected chi connectivity index (χ3v) is 2.94. The van der Waals surface area contributed by atoms with Crippen molar-refractivity contribution >= 4 is 11.9 Å². The summed E-state index contributed by atoms with van der Waals surface area (Å²) in [6.07, 6.45) is 0. The molecule has 2 N–H and O–H groups in total. The van der Waals surface area contributed by atoms with Gasteiger partial charge in [-0.2, -0.15) is 0 Å². The van der Waals surface area contributed by atoms with Gasteiger partial charge in [-0.1, -0.05) is 36.4 Å². The first kappa shape index (κ1) is 13.8. The molecule has 0 saturated carbocycles. The highest BCUT2D eigenvalue weighted by Crippen LogP contribution is 2.21. The van der Waals surface area contributed by atoms with Gasteiger partial charge in [-0.3, -0.25) is 4.79 Å². The molecule has 4 heteroatoms. The van der Waals surface area contributed by atoms with Gasteiger partial charge in [-0.05, 0) is 28.8 Å². The van der Waals surface area contributed by atoms with Gasteiger partial charge in [-0.15, -0.1) is 0 Å². The molecule has 0 fully saturated rings. The predicted octanol–water partition coefficient (Wildman–Crippen LogP) is 2.69. The molecule has 0 aromatic heterocycles. The monoisotopic (exact) mass is 269 g/mol. The average Bonchev–Trinajstić information content (AvgIpc) is 2.46. The molecule has 0 heterocycles. The first-order valence-corrected chi connectivity index (χ1v) is 6.23. The summed E-state index contributed by atoms with van der Waals surface area (Å²) in [5.74, 6) is -1.00. The zero-order chi connectivity index (χ0) is 14.5. The van der Waals surface area contributed by atoms with Gasteiger partial charge in [0, 0.05) is 13.5 Å². The highest BCUT2D eigenvalue weighted by molar-refractivity contribution is 5.89. The average molecular weight is 269 g/mol. The molecule has 0 spiro atoms. The molecule has 0 unspecified atom stereocenters. The molecular weight excluding hydrogens is 254 g/mol. The van der Waals surface area contributed by atoms with Crippen LogP contribution in [0.5, 0.6) is 0 Å². The quantitative estimate of drug-likeness (QED) is 0.896. The molecule has 0 aliphatic heterocycles. The topological polar surface area (TPSA) is 66.4 Å². The number of rotatable bonds is 4. The molecule has 0 atom stereocenters. The Labute approximate surface area is 117 Å². The van der Waals surface area contributed by atoms with Crippen molar-refractivity contribution in [3.05, 3.63) is 59.7 Å². The van der Waals surface area contributed by atoms with E-state index in [0.29, 0.717) is 6.54 Å². The minimum absolute atomic E-state index is 0.0664. The standard InChI is InChI=1S/C16H15NO3/c1-11(18)17-10-12-5-7-13(8-6-12)14-3-2-4-15(9-14)16(19)20/h2-9H,10H2,1H3,(H,17,18)(H,19,20). The van der Waals surface area contributed by atoms with E-state index >= 15 is 0 Å². The van der Waals surface area contributed by atoms with Crippen LogP contribution in [0.3, 0.4) is 0 Å². The van der Waals surface area contributed by atoms with Crippen LogP contribution in [0.2, 0.25) is 0 Å². The fourth-order valence-corrected chi connectivity index (χ4v) is 1.87. The molecule has 0 aliphatic carbocycles. The van der Waals surface area contributed by atoms with Crippen molar-refractivity contribution in [2.24, 2.45) is 0 Å². The largest absolute Gasteiger partial charge is 0.478 e. The lowest BCUT2D eigenvalue weighted by atomic mass is 10.0. The summed E-state index contributed by atoms with van der Waals surface area (Å²) in [7, 11) is 0. The van der Waals surface area contributed by atoms with Gasteiger partial charge in [-0.25, -0.2) is 4.79 Å². The number of carbonyl (C=O) groups excluding carboxylic acids is 1. The van der Waals surface area contributed by atoms with Gasteiger partial charge in [0.05, 0.1) is 5.56 Å². The smallest absolute Gasteiger partial charge is 0.335 e. The van der Waals surface area contributed by atoms with E-state index < -0.39 is 5.97 Å². The molecule has 4 nitrogen and oxygen atoms in total. The van der Waals surface area contributed by atoms with E-state index in [4.69, 9.17) is 5.11 Å². The zero-order valence-electron chi connectivity index (χ0n) is 11.1. The second kappa shape index (κ2) is 6.02. The fraction of sp³-hybridized carbons (Fsp3) is 0.125. The Bertz CT molecular complexity index is 632. The maximum Gasteiger partial charge on any atom is 0.335 e. The van der Waals surface area contributed by atoms with Crippen LogP contribution in [0.25, 0.3) is 11.1 Å². The van der Waals surface area contributed by atoms with E-state index in [9.17, 15) is 9.59 Å². The normalized spacial score (nSPS) is 10.1. The molecule has 0 radical (unpaired) electrons. The Morgan fingerprint density at radius 3 is 2.35 bits per heavy atom. The van der Waals surface area contributed by atoms with Crippen LogP contribution in [0, 0.1) is 0 Å². The van der Waals surface area contributed by atoms with E-state index in [-0.39, 0.29) is 11.5 Å². The van der Waals surface area contributed by atoms with Gasteiger partial charge in [0.15, 0.2) is 0 Å². The van der Waals surface area contributed by atoms with Crippen LogP contribution in [-0.4, -0.2) is 17.0 Å². The van der Waals surface area contributed by atoms with Gasteiger partial charge in [0.2, 0.25) is 5.91 Å².